The molecule has 0 aliphatic carbocycles. The van der Waals surface area contributed by atoms with Gasteiger partial charge in [-0.25, -0.2) is 4.79 Å². The number of carbonyl (C=O) groups excluding carboxylic acids is 1. The summed E-state index contributed by atoms with van der Waals surface area (Å²) in [5.41, 5.74) is 1.09. The highest BCUT2D eigenvalue weighted by molar-refractivity contribution is 5.85. The quantitative estimate of drug-likeness (QED) is 0.365. The lowest BCUT2D eigenvalue weighted by molar-refractivity contribution is -0.138. The Labute approximate surface area is 166 Å². The van der Waals surface area contributed by atoms with Crippen LogP contribution in [-0.4, -0.2) is 19.2 Å². The molecule has 0 heterocycles. The summed E-state index contributed by atoms with van der Waals surface area (Å²) in [6, 6.07) is 13.3. The molecule has 0 N–H and O–H groups in total. The van der Waals surface area contributed by atoms with Crippen LogP contribution in [-0.2, 0) is 15.7 Å². The first-order valence-electron chi connectivity index (χ1n) is 8.68. The van der Waals surface area contributed by atoms with Gasteiger partial charge in [0, 0.05) is 6.08 Å². The van der Waals surface area contributed by atoms with Gasteiger partial charge < -0.3 is 9.47 Å². The van der Waals surface area contributed by atoms with Crippen molar-refractivity contribution in [3.8, 4) is 11.8 Å². The van der Waals surface area contributed by atoms with E-state index in [9.17, 15) is 18.0 Å². The standard InChI is InChI=1S/C22H18F3NO3/c1-2-28-21(27)5-3-4-20(16-6-10-18(11-7-16)22(23,24)25)17-8-12-19(13-9-17)29-15-14-26/h3-13H,2,15H2,1H3/b5-3+,20-4-. The number of allylic oxidation sites excluding steroid dienone is 2. The van der Waals surface area contributed by atoms with Gasteiger partial charge in [0.05, 0.1) is 12.2 Å². The number of halogens is 3. The summed E-state index contributed by atoms with van der Waals surface area (Å²) in [6.45, 7) is 1.83. The minimum absolute atomic E-state index is 0.0940. The van der Waals surface area contributed by atoms with Crippen LogP contribution < -0.4 is 4.74 Å². The second-order valence-corrected chi connectivity index (χ2v) is 5.74. The van der Waals surface area contributed by atoms with Crippen LogP contribution in [0.2, 0.25) is 0 Å². The van der Waals surface area contributed by atoms with Gasteiger partial charge in [-0.05, 0) is 47.9 Å². The molecule has 0 saturated heterocycles. The Morgan fingerprint density at radius 2 is 1.66 bits per heavy atom. The highest BCUT2D eigenvalue weighted by Gasteiger charge is 2.30. The molecule has 0 aromatic heterocycles. The molecule has 0 amide bonds. The van der Waals surface area contributed by atoms with Gasteiger partial charge in [0.15, 0.2) is 6.61 Å². The first-order valence-corrected chi connectivity index (χ1v) is 8.68. The van der Waals surface area contributed by atoms with Crippen LogP contribution in [0.3, 0.4) is 0 Å². The van der Waals surface area contributed by atoms with Crippen molar-refractivity contribution in [2.45, 2.75) is 13.1 Å². The van der Waals surface area contributed by atoms with Crippen LogP contribution in [0.4, 0.5) is 13.2 Å². The van der Waals surface area contributed by atoms with Crippen LogP contribution in [0.1, 0.15) is 23.6 Å². The Morgan fingerprint density at radius 3 is 2.17 bits per heavy atom. The van der Waals surface area contributed by atoms with E-state index in [1.165, 1.54) is 24.3 Å². The van der Waals surface area contributed by atoms with E-state index in [0.717, 1.165) is 12.1 Å². The van der Waals surface area contributed by atoms with Crippen molar-refractivity contribution < 1.29 is 27.4 Å². The van der Waals surface area contributed by atoms with E-state index in [2.05, 4.69) is 0 Å². The monoisotopic (exact) mass is 401 g/mol. The minimum atomic E-state index is -4.42. The molecule has 150 valence electrons. The Hall–Kier alpha value is -3.53. The van der Waals surface area contributed by atoms with Crippen molar-refractivity contribution >= 4 is 11.5 Å². The van der Waals surface area contributed by atoms with Crippen molar-refractivity contribution in [2.24, 2.45) is 0 Å². The lowest BCUT2D eigenvalue weighted by Crippen LogP contribution is -2.04. The fourth-order valence-corrected chi connectivity index (χ4v) is 2.46. The summed E-state index contributed by atoms with van der Waals surface area (Å²) >= 11 is 0. The van der Waals surface area contributed by atoms with E-state index in [0.29, 0.717) is 22.4 Å². The fraction of sp³-hybridized carbons (Fsp3) is 0.182. The largest absolute Gasteiger partial charge is 0.479 e. The van der Waals surface area contributed by atoms with Gasteiger partial charge in [-0.1, -0.05) is 36.4 Å². The summed E-state index contributed by atoms with van der Waals surface area (Å²) in [5.74, 6) is -0.0279. The molecule has 0 aliphatic rings. The van der Waals surface area contributed by atoms with Crippen LogP contribution in [0.15, 0.2) is 66.8 Å². The van der Waals surface area contributed by atoms with E-state index in [4.69, 9.17) is 14.7 Å². The van der Waals surface area contributed by atoms with Crippen LogP contribution >= 0.6 is 0 Å². The van der Waals surface area contributed by atoms with Crippen LogP contribution in [0.25, 0.3) is 5.57 Å². The maximum atomic E-state index is 12.8. The van der Waals surface area contributed by atoms with Crippen molar-refractivity contribution in [3.63, 3.8) is 0 Å². The SMILES string of the molecule is CCOC(=O)/C=C/C=C(\c1ccc(OCC#N)cc1)c1ccc(C(F)(F)F)cc1. The third-order valence-electron chi connectivity index (χ3n) is 3.77. The molecule has 2 aromatic rings. The van der Waals surface area contributed by atoms with Crippen molar-refractivity contribution in [1.82, 2.24) is 0 Å². The van der Waals surface area contributed by atoms with E-state index in [-0.39, 0.29) is 13.2 Å². The average molecular weight is 401 g/mol. The average Bonchev–Trinajstić information content (AvgIpc) is 2.70. The summed E-state index contributed by atoms with van der Waals surface area (Å²) in [7, 11) is 0. The summed E-state index contributed by atoms with van der Waals surface area (Å²) in [4.78, 5) is 11.5. The molecular weight excluding hydrogens is 383 g/mol. The molecule has 0 saturated carbocycles. The number of benzene rings is 2. The number of carbonyl (C=O) groups is 1. The molecule has 4 nitrogen and oxygen atoms in total. The third kappa shape index (κ3) is 6.54. The molecule has 0 aliphatic heterocycles. The Morgan fingerprint density at radius 1 is 1.07 bits per heavy atom. The van der Waals surface area contributed by atoms with Gasteiger partial charge in [-0.15, -0.1) is 0 Å². The van der Waals surface area contributed by atoms with Gasteiger partial charge in [-0.3, -0.25) is 0 Å². The maximum Gasteiger partial charge on any atom is 0.416 e. The number of rotatable bonds is 7. The van der Waals surface area contributed by atoms with Gasteiger partial charge in [-0.2, -0.15) is 18.4 Å². The van der Waals surface area contributed by atoms with Gasteiger partial charge in [0.25, 0.3) is 0 Å². The molecule has 0 spiro atoms. The van der Waals surface area contributed by atoms with E-state index >= 15 is 0 Å². The molecule has 0 fully saturated rings. The number of hydrogen-bond donors (Lipinski definition) is 0. The number of alkyl halides is 3. The second-order valence-electron chi connectivity index (χ2n) is 5.74. The normalized spacial score (nSPS) is 11.9. The Balaban J connectivity index is 2.38. The van der Waals surface area contributed by atoms with Crippen LogP contribution in [0, 0.1) is 11.3 Å². The zero-order chi connectivity index (χ0) is 21.3. The Bertz CT molecular complexity index is 922. The van der Waals surface area contributed by atoms with E-state index < -0.39 is 17.7 Å². The highest BCUT2D eigenvalue weighted by Crippen LogP contribution is 2.32. The second kappa shape index (κ2) is 10.1. The number of nitrogens with zero attached hydrogens (tertiary/aromatic N) is 1. The molecule has 2 rings (SSSR count). The topological polar surface area (TPSA) is 59.3 Å². The fourth-order valence-electron chi connectivity index (χ4n) is 2.46. The number of nitriles is 1. The predicted octanol–water partition coefficient (Wildman–Crippen LogP) is 5.16. The lowest BCUT2D eigenvalue weighted by atomic mass is 9.96. The van der Waals surface area contributed by atoms with Gasteiger partial charge >= 0.3 is 12.1 Å². The van der Waals surface area contributed by atoms with Gasteiger partial charge in [0.1, 0.15) is 11.8 Å². The smallest absolute Gasteiger partial charge is 0.416 e. The number of hydrogen-bond acceptors (Lipinski definition) is 4. The summed E-state index contributed by atoms with van der Waals surface area (Å²) in [5, 5.41) is 8.57. The Kier molecular flexibility index (Phi) is 7.61. The van der Waals surface area contributed by atoms with E-state index in [1.807, 2.05) is 6.07 Å². The third-order valence-corrected chi connectivity index (χ3v) is 3.77. The minimum Gasteiger partial charge on any atom is -0.479 e. The highest BCUT2D eigenvalue weighted by atomic mass is 19.4. The zero-order valence-electron chi connectivity index (χ0n) is 15.6. The molecular formula is C22H18F3NO3. The van der Waals surface area contributed by atoms with Crippen molar-refractivity contribution in [1.29, 1.82) is 5.26 Å². The van der Waals surface area contributed by atoms with Crippen molar-refractivity contribution in [2.75, 3.05) is 13.2 Å². The zero-order valence-corrected chi connectivity index (χ0v) is 15.6. The van der Waals surface area contributed by atoms with Gasteiger partial charge in [0.2, 0.25) is 0 Å². The maximum absolute atomic E-state index is 12.8. The summed E-state index contributed by atoms with van der Waals surface area (Å²) < 4.78 is 48.5. The lowest BCUT2D eigenvalue weighted by Gasteiger charge is -2.11. The molecule has 29 heavy (non-hydrogen) atoms. The van der Waals surface area contributed by atoms with Crippen LogP contribution in [0.5, 0.6) is 5.75 Å². The number of esters is 1. The molecule has 0 radical (unpaired) electrons. The van der Waals surface area contributed by atoms with Crippen molar-refractivity contribution in [3.05, 3.63) is 83.4 Å². The summed E-state index contributed by atoms with van der Waals surface area (Å²) in [6.07, 6.45) is -0.0975. The molecule has 7 heteroatoms. The molecule has 0 bridgehead atoms. The first kappa shape index (κ1) is 21.8. The first-order chi connectivity index (χ1) is 13.8. The molecule has 0 atom stereocenters. The van der Waals surface area contributed by atoms with E-state index in [1.54, 1.807) is 37.3 Å². The molecule has 0 unspecified atom stereocenters. The number of ether oxygens (including phenoxy) is 2. The molecule has 2 aromatic carbocycles. The predicted molar refractivity (Wildman–Crippen MR) is 102 cm³/mol.